The number of nitrogens with zero attached hydrogens (tertiary/aromatic N) is 6. The molecule has 0 radical (unpaired) electrons. The first-order valence-corrected chi connectivity index (χ1v) is 12.7. The molecule has 0 bridgehead atoms. The first kappa shape index (κ1) is 24.9. The quantitative estimate of drug-likeness (QED) is 0.331. The van der Waals surface area contributed by atoms with Gasteiger partial charge in [0, 0.05) is 25.5 Å². The molecule has 0 spiro atoms. The van der Waals surface area contributed by atoms with Gasteiger partial charge in [-0.05, 0) is 58.1 Å². The lowest BCUT2D eigenvalue weighted by Crippen LogP contribution is -2.34. The molecule has 1 saturated carbocycles. The molecule has 12 heteroatoms. The summed E-state index contributed by atoms with van der Waals surface area (Å²) in [6.45, 7) is 6.10. The van der Waals surface area contributed by atoms with E-state index in [1.165, 1.54) is 6.33 Å². The fraction of sp³-hybridized carbons (Fsp3) is 0.440. The van der Waals surface area contributed by atoms with Crippen LogP contribution in [0.25, 0.3) is 16.6 Å². The summed E-state index contributed by atoms with van der Waals surface area (Å²) in [5.74, 6) is 1.44. The molecule has 4 aromatic rings. The molecule has 194 valence electrons. The van der Waals surface area contributed by atoms with Crippen molar-refractivity contribution in [3.63, 3.8) is 0 Å². The lowest BCUT2D eigenvalue weighted by molar-refractivity contribution is 0.0526. The number of halogens is 1. The number of carbonyl (C=O) groups is 1. The zero-order chi connectivity index (χ0) is 26.2. The highest BCUT2D eigenvalue weighted by Crippen LogP contribution is 2.42. The maximum Gasteiger partial charge on any atom is 0.407 e. The van der Waals surface area contributed by atoms with Gasteiger partial charge in [-0.1, -0.05) is 17.7 Å². The van der Waals surface area contributed by atoms with Gasteiger partial charge in [0.2, 0.25) is 0 Å². The summed E-state index contributed by atoms with van der Waals surface area (Å²) >= 11 is 6.42. The number of anilines is 1. The van der Waals surface area contributed by atoms with Crippen molar-refractivity contribution < 1.29 is 9.53 Å². The predicted octanol–water partition coefficient (Wildman–Crippen LogP) is 3.97. The van der Waals surface area contributed by atoms with Gasteiger partial charge in [-0.2, -0.15) is 5.10 Å². The molecule has 0 unspecified atom stereocenters. The Morgan fingerprint density at radius 3 is 2.84 bits per heavy atom. The van der Waals surface area contributed by atoms with Gasteiger partial charge in [0.15, 0.2) is 11.5 Å². The zero-order valence-corrected chi connectivity index (χ0v) is 21.7. The van der Waals surface area contributed by atoms with Gasteiger partial charge < -0.3 is 15.4 Å². The molecule has 0 aliphatic heterocycles. The summed E-state index contributed by atoms with van der Waals surface area (Å²) in [5.41, 5.74) is 0.325. The summed E-state index contributed by atoms with van der Waals surface area (Å²) in [5, 5.41) is 11.2. The average Bonchev–Trinajstić information content (AvgIpc) is 3.55. The van der Waals surface area contributed by atoms with E-state index in [0.29, 0.717) is 52.7 Å². The monoisotopic (exact) mass is 524 g/mol. The number of imidazole rings is 1. The molecule has 1 aliphatic carbocycles. The number of nitrogens with one attached hydrogen (secondary N) is 2. The van der Waals surface area contributed by atoms with Gasteiger partial charge in [-0.15, -0.1) is 0 Å². The Hall–Kier alpha value is -3.73. The Kier molecular flexibility index (Phi) is 6.72. The number of rotatable bonds is 8. The molecule has 2 N–H and O–H groups in total. The number of aromatic nitrogens is 6. The molecule has 1 aromatic carbocycles. The first-order valence-electron chi connectivity index (χ1n) is 12.3. The summed E-state index contributed by atoms with van der Waals surface area (Å²) in [6.07, 6.45) is 6.87. The summed E-state index contributed by atoms with van der Waals surface area (Å²) in [7, 11) is 0. The molecule has 5 rings (SSSR count). The van der Waals surface area contributed by atoms with E-state index in [2.05, 4.69) is 25.7 Å². The van der Waals surface area contributed by atoms with Gasteiger partial charge >= 0.3 is 6.09 Å². The zero-order valence-electron chi connectivity index (χ0n) is 20.9. The van der Waals surface area contributed by atoms with Crippen molar-refractivity contribution in [3.05, 3.63) is 58.1 Å². The number of alkyl carbamates (subject to hydrolysis) is 1. The Balaban J connectivity index is 1.48. The van der Waals surface area contributed by atoms with Crippen molar-refractivity contribution in [2.45, 2.75) is 58.2 Å². The SMILES string of the molecule is CC(C)(C)OC(=O)NCCCn1c([C@@H](Nc2ncnn3ccnc23)C2CC2)nc2cccc(Cl)c2c1=O. The molecule has 3 heterocycles. The minimum absolute atomic E-state index is 0.219. The number of hydrogen-bond acceptors (Lipinski definition) is 8. The second kappa shape index (κ2) is 9.97. The van der Waals surface area contributed by atoms with Crippen molar-refractivity contribution in [3.8, 4) is 0 Å². The van der Waals surface area contributed by atoms with Crippen LogP contribution in [0.2, 0.25) is 5.02 Å². The van der Waals surface area contributed by atoms with Crippen molar-refractivity contribution in [2.24, 2.45) is 5.92 Å². The van der Waals surface area contributed by atoms with Crippen LogP contribution in [0.3, 0.4) is 0 Å². The normalized spacial score (nSPS) is 14.6. The fourth-order valence-corrected chi connectivity index (χ4v) is 4.51. The van der Waals surface area contributed by atoms with Gasteiger partial charge in [-0.25, -0.2) is 24.3 Å². The second-order valence-corrected chi connectivity index (χ2v) is 10.5. The van der Waals surface area contributed by atoms with Crippen LogP contribution in [-0.2, 0) is 11.3 Å². The number of fused-ring (bicyclic) bond motifs is 2. The minimum atomic E-state index is -0.586. The number of ether oxygens (including phenoxy) is 1. The van der Waals surface area contributed by atoms with E-state index in [4.69, 9.17) is 21.3 Å². The Morgan fingerprint density at radius 1 is 1.27 bits per heavy atom. The van der Waals surface area contributed by atoms with Crippen molar-refractivity contribution in [1.82, 2.24) is 34.4 Å². The Morgan fingerprint density at radius 2 is 2.08 bits per heavy atom. The first-order chi connectivity index (χ1) is 17.7. The molecule has 11 nitrogen and oxygen atoms in total. The van der Waals surface area contributed by atoms with Gasteiger partial charge in [-0.3, -0.25) is 9.36 Å². The van der Waals surface area contributed by atoms with Gasteiger partial charge in [0.25, 0.3) is 5.56 Å². The van der Waals surface area contributed by atoms with Crippen LogP contribution in [0.4, 0.5) is 10.6 Å². The molecular weight excluding hydrogens is 496 g/mol. The van der Waals surface area contributed by atoms with E-state index in [1.54, 1.807) is 39.7 Å². The predicted molar refractivity (Wildman–Crippen MR) is 140 cm³/mol. The third-order valence-corrected chi connectivity index (χ3v) is 6.36. The second-order valence-electron chi connectivity index (χ2n) is 10.1. The third kappa shape index (κ3) is 5.51. The lowest BCUT2D eigenvalue weighted by Gasteiger charge is -2.23. The van der Waals surface area contributed by atoms with E-state index in [1.807, 2.05) is 20.8 Å². The fourth-order valence-electron chi connectivity index (χ4n) is 4.26. The molecule has 3 aromatic heterocycles. The smallest absolute Gasteiger partial charge is 0.407 e. The van der Waals surface area contributed by atoms with Crippen LogP contribution in [0.5, 0.6) is 0 Å². The summed E-state index contributed by atoms with van der Waals surface area (Å²) in [6, 6.07) is 4.99. The highest BCUT2D eigenvalue weighted by molar-refractivity contribution is 6.35. The van der Waals surface area contributed by atoms with Crippen LogP contribution in [-0.4, -0.2) is 47.4 Å². The van der Waals surface area contributed by atoms with Crippen molar-refractivity contribution in [2.75, 3.05) is 11.9 Å². The number of hydrogen-bond donors (Lipinski definition) is 2. The van der Waals surface area contributed by atoms with E-state index < -0.39 is 11.7 Å². The van der Waals surface area contributed by atoms with Crippen LogP contribution >= 0.6 is 11.6 Å². The lowest BCUT2D eigenvalue weighted by atomic mass is 10.1. The maximum absolute atomic E-state index is 13.7. The molecule has 1 aliphatic rings. The molecular formula is C25H29ClN8O3. The highest BCUT2D eigenvalue weighted by Gasteiger charge is 2.36. The van der Waals surface area contributed by atoms with Crippen LogP contribution in [0.1, 0.15) is 51.9 Å². The topological polar surface area (TPSA) is 128 Å². The average molecular weight is 525 g/mol. The van der Waals surface area contributed by atoms with E-state index in [9.17, 15) is 9.59 Å². The number of carbonyl (C=O) groups excluding carboxylic acids is 1. The van der Waals surface area contributed by atoms with E-state index >= 15 is 0 Å². The van der Waals surface area contributed by atoms with E-state index in [-0.39, 0.29) is 17.5 Å². The largest absolute Gasteiger partial charge is 0.444 e. The molecule has 1 atom stereocenters. The van der Waals surface area contributed by atoms with Crippen LogP contribution in [0, 0.1) is 5.92 Å². The Labute approximate surface area is 218 Å². The third-order valence-electron chi connectivity index (χ3n) is 6.05. The number of amides is 1. The maximum atomic E-state index is 13.7. The van der Waals surface area contributed by atoms with Crippen molar-refractivity contribution in [1.29, 1.82) is 0 Å². The summed E-state index contributed by atoms with van der Waals surface area (Å²) < 4.78 is 8.60. The molecule has 0 saturated heterocycles. The van der Waals surface area contributed by atoms with Crippen molar-refractivity contribution >= 4 is 40.1 Å². The summed E-state index contributed by atoms with van der Waals surface area (Å²) in [4.78, 5) is 39.5. The number of benzene rings is 1. The van der Waals surface area contributed by atoms with Gasteiger partial charge in [0.05, 0.1) is 22.0 Å². The Bertz CT molecular complexity index is 1510. The molecule has 1 fully saturated rings. The minimum Gasteiger partial charge on any atom is -0.444 e. The molecule has 37 heavy (non-hydrogen) atoms. The molecule has 1 amide bonds. The standard InChI is InChI=1S/C25H29ClN8O3/c1-25(2,3)37-24(36)28-10-5-12-33-21(31-17-7-4-6-16(26)18(17)23(33)35)19(15-8-9-15)32-20-22-27-11-13-34(22)30-14-29-20/h4,6-7,11,13-15,19H,5,8-10,12H2,1-3H3,(H,28,36)(H,29,30,32)/t19-/m0/s1. The van der Waals surface area contributed by atoms with E-state index in [0.717, 1.165) is 12.8 Å². The highest BCUT2D eigenvalue weighted by atomic mass is 35.5. The van der Waals surface area contributed by atoms with Crippen LogP contribution < -0.4 is 16.2 Å². The van der Waals surface area contributed by atoms with Gasteiger partial charge in [0.1, 0.15) is 17.8 Å². The van der Waals surface area contributed by atoms with Crippen LogP contribution in [0.15, 0.2) is 41.7 Å².